The van der Waals surface area contributed by atoms with Gasteiger partial charge in [0.15, 0.2) is 0 Å². The van der Waals surface area contributed by atoms with Crippen LogP contribution in [0.25, 0.3) is 5.57 Å². The van der Waals surface area contributed by atoms with E-state index in [4.69, 9.17) is 14.2 Å². The smallest absolute Gasteiger partial charge is 0.278 e. The predicted molar refractivity (Wildman–Crippen MR) is 128 cm³/mol. The first kappa shape index (κ1) is 24.3. The van der Waals surface area contributed by atoms with Crippen LogP contribution in [-0.2, 0) is 14.3 Å². The second-order valence-electron chi connectivity index (χ2n) is 8.51. The Balaban J connectivity index is 1.90. The van der Waals surface area contributed by atoms with E-state index in [0.717, 1.165) is 5.75 Å². The van der Waals surface area contributed by atoms with Crippen molar-refractivity contribution in [2.45, 2.75) is 33.8 Å². The van der Waals surface area contributed by atoms with Gasteiger partial charge in [-0.2, -0.15) is 0 Å². The summed E-state index contributed by atoms with van der Waals surface area (Å²) in [6, 6.07) is 14.4. The summed E-state index contributed by atoms with van der Waals surface area (Å²) in [6.45, 7) is 9.05. The van der Waals surface area contributed by atoms with E-state index in [0.29, 0.717) is 35.1 Å². The van der Waals surface area contributed by atoms with Crippen LogP contribution in [0.4, 0.5) is 5.69 Å². The van der Waals surface area contributed by atoms with Crippen LogP contribution in [0.2, 0.25) is 0 Å². The third kappa shape index (κ3) is 6.14. The highest BCUT2D eigenvalue weighted by atomic mass is 16.5. The molecule has 2 aromatic rings. The molecule has 1 heterocycles. The monoisotopic (exact) mass is 452 g/mol. The largest absolute Gasteiger partial charge is 0.497 e. The van der Waals surface area contributed by atoms with Crippen LogP contribution in [-0.4, -0.2) is 49.7 Å². The van der Waals surface area contributed by atoms with Crippen molar-refractivity contribution in [3.63, 3.8) is 0 Å². The van der Waals surface area contributed by atoms with Gasteiger partial charge < -0.3 is 19.5 Å². The summed E-state index contributed by atoms with van der Waals surface area (Å²) in [5.74, 6) is 1.10. The summed E-state index contributed by atoms with van der Waals surface area (Å²) < 4.78 is 16.5. The fraction of sp³-hybridized carbons (Fsp3) is 0.385. The number of rotatable bonds is 11. The number of nitrogens with zero attached hydrogens (tertiary/aromatic N) is 1. The van der Waals surface area contributed by atoms with E-state index in [2.05, 4.69) is 19.2 Å². The minimum Gasteiger partial charge on any atom is -0.497 e. The summed E-state index contributed by atoms with van der Waals surface area (Å²) in [5, 5.41) is 3.14. The van der Waals surface area contributed by atoms with E-state index in [1.165, 1.54) is 4.90 Å². The Labute approximate surface area is 195 Å². The number of anilines is 1. The fourth-order valence-electron chi connectivity index (χ4n) is 3.34. The molecule has 33 heavy (non-hydrogen) atoms. The van der Waals surface area contributed by atoms with Crippen molar-refractivity contribution in [2.75, 3.05) is 32.2 Å². The molecule has 0 bridgehead atoms. The molecule has 0 spiro atoms. The zero-order chi connectivity index (χ0) is 24.0. The molecule has 2 amide bonds. The maximum absolute atomic E-state index is 13.3. The van der Waals surface area contributed by atoms with E-state index in [1.807, 2.05) is 26.0 Å². The van der Waals surface area contributed by atoms with Gasteiger partial charge >= 0.3 is 0 Å². The number of benzene rings is 2. The van der Waals surface area contributed by atoms with E-state index in [-0.39, 0.29) is 36.8 Å². The second-order valence-corrected chi connectivity index (χ2v) is 8.51. The highest BCUT2D eigenvalue weighted by Crippen LogP contribution is 2.31. The molecule has 0 unspecified atom stereocenters. The third-order valence-corrected chi connectivity index (χ3v) is 5.02. The van der Waals surface area contributed by atoms with Crippen LogP contribution < -0.4 is 14.8 Å². The van der Waals surface area contributed by atoms with Crippen LogP contribution >= 0.6 is 0 Å². The molecule has 0 fully saturated rings. The van der Waals surface area contributed by atoms with Crippen molar-refractivity contribution in [3.05, 3.63) is 59.8 Å². The Bertz CT molecular complexity index is 994. The Hall–Kier alpha value is -3.32. The molecular weight excluding hydrogens is 420 g/mol. The van der Waals surface area contributed by atoms with Gasteiger partial charge in [0.1, 0.15) is 17.2 Å². The molecule has 176 valence electrons. The maximum Gasteiger partial charge on any atom is 0.278 e. The number of imide groups is 1. The molecule has 0 aliphatic carbocycles. The minimum absolute atomic E-state index is 0.0144. The SMILES string of the molecule is COc1ccc(NC2=C(c3ccc(OCC(C)C)cc3)C(=O)N(CCOC(C)C)C2=O)cc1. The third-order valence-electron chi connectivity index (χ3n) is 5.02. The predicted octanol–water partition coefficient (Wildman–Crippen LogP) is 4.35. The van der Waals surface area contributed by atoms with Gasteiger partial charge in [-0.25, -0.2) is 0 Å². The first-order valence-corrected chi connectivity index (χ1v) is 11.2. The fourth-order valence-corrected chi connectivity index (χ4v) is 3.34. The highest BCUT2D eigenvalue weighted by Gasteiger charge is 2.39. The number of nitrogens with one attached hydrogen (secondary N) is 1. The van der Waals surface area contributed by atoms with Gasteiger partial charge in [-0.15, -0.1) is 0 Å². The summed E-state index contributed by atoms with van der Waals surface area (Å²) in [5.41, 5.74) is 1.90. The van der Waals surface area contributed by atoms with E-state index in [9.17, 15) is 9.59 Å². The van der Waals surface area contributed by atoms with Crippen LogP contribution in [0.1, 0.15) is 33.3 Å². The van der Waals surface area contributed by atoms with E-state index in [1.54, 1.807) is 43.5 Å². The van der Waals surface area contributed by atoms with Gasteiger partial charge in [0.25, 0.3) is 11.8 Å². The Morgan fingerprint density at radius 2 is 1.52 bits per heavy atom. The minimum atomic E-state index is -0.377. The van der Waals surface area contributed by atoms with E-state index < -0.39 is 0 Å². The first-order chi connectivity index (χ1) is 15.8. The second kappa shape index (κ2) is 11.0. The molecule has 0 saturated carbocycles. The molecule has 0 saturated heterocycles. The van der Waals surface area contributed by atoms with Gasteiger partial charge in [0.05, 0.1) is 38.5 Å². The zero-order valence-corrected chi connectivity index (χ0v) is 19.9. The first-order valence-electron chi connectivity index (χ1n) is 11.2. The molecule has 3 rings (SSSR count). The Morgan fingerprint density at radius 1 is 0.879 bits per heavy atom. The summed E-state index contributed by atoms with van der Waals surface area (Å²) >= 11 is 0. The molecule has 0 radical (unpaired) electrons. The maximum atomic E-state index is 13.3. The highest BCUT2D eigenvalue weighted by molar-refractivity contribution is 6.36. The Kier molecular flexibility index (Phi) is 8.11. The van der Waals surface area contributed by atoms with Gasteiger partial charge in [-0.05, 0) is 61.7 Å². The lowest BCUT2D eigenvalue weighted by atomic mass is 10.0. The lowest BCUT2D eigenvalue weighted by Gasteiger charge is -2.16. The molecule has 7 heteroatoms. The van der Waals surface area contributed by atoms with Crippen molar-refractivity contribution in [3.8, 4) is 11.5 Å². The van der Waals surface area contributed by atoms with Gasteiger partial charge in [0, 0.05) is 5.69 Å². The number of methoxy groups -OCH3 is 1. The molecule has 0 atom stereocenters. The average molecular weight is 453 g/mol. The molecular formula is C26H32N2O5. The van der Waals surface area contributed by atoms with E-state index >= 15 is 0 Å². The van der Waals surface area contributed by atoms with Crippen molar-refractivity contribution in [2.24, 2.45) is 5.92 Å². The average Bonchev–Trinajstić information content (AvgIpc) is 3.02. The van der Waals surface area contributed by atoms with Crippen molar-refractivity contribution >= 4 is 23.1 Å². The van der Waals surface area contributed by atoms with Gasteiger partial charge in [0.2, 0.25) is 0 Å². The molecule has 7 nitrogen and oxygen atoms in total. The number of carbonyl (C=O) groups is 2. The van der Waals surface area contributed by atoms with Crippen LogP contribution in [0, 0.1) is 5.92 Å². The Morgan fingerprint density at radius 3 is 2.09 bits per heavy atom. The van der Waals surface area contributed by atoms with Crippen molar-refractivity contribution in [1.82, 2.24) is 4.90 Å². The number of hydrogen-bond donors (Lipinski definition) is 1. The van der Waals surface area contributed by atoms with Crippen LogP contribution in [0.15, 0.2) is 54.2 Å². The molecule has 0 aromatic heterocycles. The normalized spacial score (nSPS) is 14.0. The summed E-state index contributed by atoms with van der Waals surface area (Å²) in [6.07, 6.45) is 0.0144. The number of hydrogen-bond acceptors (Lipinski definition) is 6. The van der Waals surface area contributed by atoms with Crippen LogP contribution in [0.3, 0.4) is 0 Å². The topological polar surface area (TPSA) is 77.1 Å². The van der Waals surface area contributed by atoms with Crippen molar-refractivity contribution < 1.29 is 23.8 Å². The quantitative estimate of drug-likeness (QED) is 0.511. The summed E-state index contributed by atoms with van der Waals surface area (Å²) in [7, 11) is 1.59. The number of carbonyl (C=O) groups excluding carboxylic acids is 2. The standard InChI is InChI=1S/C26H32N2O5/c1-17(2)16-33-22-10-6-19(7-11-22)23-24(27-20-8-12-21(31-5)13-9-20)26(30)28(25(23)29)14-15-32-18(3)4/h6-13,17-18,27H,14-16H2,1-5H3. The number of amides is 2. The van der Waals surface area contributed by atoms with Crippen molar-refractivity contribution in [1.29, 1.82) is 0 Å². The molecule has 1 aliphatic heterocycles. The van der Waals surface area contributed by atoms with Gasteiger partial charge in [-0.3, -0.25) is 14.5 Å². The molecule has 1 N–H and O–H groups in total. The van der Waals surface area contributed by atoms with Gasteiger partial charge in [-0.1, -0.05) is 26.0 Å². The molecule has 1 aliphatic rings. The zero-order valence-electron chi connectivity index (χ0n) is 19.9. The number of ether oxygens (including phenoxy) is 3. The van der Waals surface area contributed by atoms with Crippen LogP contribution in [0.5, 0.6) is 11.5 Å². The lowest BCUT2D eigenvalue weighted by molar-refractivity contribution is -0.137. The lowest BCUT2D eigenvalue weighted by Crippen LogP contribution is -2.35. The summed E-state index contributed by atoms with van der Waals surface area (Å²) in [4.78, 5) is 27.7. The molecule has 2 aromatic carbocycles.